The van der Waals surface area contributed by atoms with E-state index >= 15 is 0 Å². The third-order valence-corrected chi connectivity index (χ3v) is 13.2. The molecule has 6 heteroatoms. The standard InChI is InChI=1S/C70H116O6/c1-4-7-10-13-16-19-22-24-26-28-30-31-32-33-34-35-36-37-38-39-40-42-43-45-48-51-54-57-60-63-69(72)75-66-67(65-74-68(71)62-59-56-53-50-47-21-18-15-12-9-6-3)76-70(73)64-61-58-55-52-49-46-44-41-29-27-25-23-20-17-14-11-8-5-2/h7,10,15-16,18-19,24,26-27,29-31,33-34,36-37,39-40,43,45,67H,4-6,8-9,11-14,17,20-23,25,28,32,35,38,41-42,44,46-66H2,1-3H3/b10-7-,18-15-,19-16-,26-24-,29-27-,31-30-,34-33-,37-36-,40-39-,45-43-. The van der Waals surface area contributed by atoms with Crippen LogP contribution in [0.1, 0.15) is 284 Å². The Kier molecular flexibility index (Phi) is 59.9. The van der Waals surface area contributed by atoms with E-state index in [9.17, 15) is 14.4 Å². The largest absolute Gasteiger partial charge is 0.462 e. The molecule has 6 nitrogen and oxygen atoms in total. The van der Waals surface area contributed by atoms with E-state index in [1.807, 2.05) is 0 Å². The molecule has 0 aromatic carbocycles. The molecule has 0 aromatic heterocycles. The lowest BCUT2D eigenvalue weighted by Gasteiger charge is -2.18. The van der Waals surface area contributed by atoms with Crippen molar-refractivity contribution < 1.29 is 28.6 Å². The Balaban J connectivity index is 4.36. The molecule has 0 saturated heterocycles. The lowest BCUT2D eigenvalue weighted by Crippen LogP contribution is -2.30. The molecule has 0 aliphatic carbocycles. The van der Waals surface area contributed by atoms with Gasteiger partial charge >= 0.3 is 17.9 Å². The SMILES string of the molecule is CC/C=C\C/C=C\C/C=C\C/C=C\C/C=C\C/C=C\C/C=C\C/C=C\CCCCCCC(=O)OCC(COC(=O)CCCCCCC/C=C\CCCC)OC(=O)CCCCCCCCC/C=C\CCCCCCCCC. The van der Waals surface area contributed by atoms with Crippen molar-refractivity contribution in [2.45, 2.75) is 290 Å². The van der Waals surface area contributed by atoms with E-state index in [0.29, 0.717) is 19.3 Å². The lowest BCUT2D eigenvalue weighted by molar-refractivity contribution is -0.167. The maximum absolute atomic E-state index is 12.9. The number of ether oxygens (including phenoxy) is 3. The molecule has 1 unspecified atom stereocenters. The van der Waals surface area contributed by atoms with Crippen LogP contribution in [-0.2, 0) is 28.6 Å². The highest BCUT2D eigenvalue weighted by Gasteiger charge is 2.19. The fourth-order valence-corrected chi connectivity index (χ4v) is 8.43. The van der Waals surface area contributed by atoms with E-state index in [0.717, 1.165) is 135 Å². The summed E-state index contributed by atoms with van der Waals surface area (Å²) < 4.78 is 16.9. The third kappa shape index (κ3) is 60.7. The fourth-order valence-electron chi connectivity index (χ4n) is 8.43. The predicted molar refractivity (Wildman–Crippen MR) is 330 cm³/mol. The summed E-state index contributed by atoms with van der Waals surface area (Å²) in [4.78, 5) is 38.2. The highest BCUT2D eigenvalue weighted by atomic mass is 16.6. The molecule has 0 N–H and O–H groups in total. The van der Waals surface area contributed by atoms with Gasteiger partial charge in [0.15, 0.2) is 6.10 Å². The van der Waals surface area contributed by atoms with Gasteiger partial charge in [0.2, 0.25) is 0 Å². The van der Waals surface area contributed by atoms with E-state index in [1.165, 1.54) is 109 Å². The Morgan fingerprint density at radius 3 is 0.855 bits per heavy atom. The van der Waals surface area contributed by atoms with Crippen LogP contribution >= 0.6 is 0 Å². The van der Waals surface area contributed by atoms with Crippen molar-refractivity contribution in [1.82, 2.24) is 0 Å². The van der Waals surface area contributed by atoms with Crippen molar-refractivity contribution in [3.63, 3.8) is 0 Å². The molecule has 0 aliphatic rings. The zero-order chi connectivity index (χ0) is 55.0. The molecule has 0 fully saturated rings. The molecule has 432 valence electrons. The Morgan fingerprint density at radius 2 is 0.526 bits per heavy atom. The number of rotatable bonds is 56. The van der Waals surface area contributed by atoms with E-state index in [4.69, 9.17) is 14.2 Å². The molecule has 0 aromatic rings. The first kappa shape index (κ1) is 71.8. The average Bonchev–Trinajstić information content (AvgIpc) is 3.42. The van der Waals surface area contributed by atoms with Crippen molar-refractivity contribution in [2.75, 3.05) is 13.2 Å². The van der Waals surface area contributed by atoms with Crippen molar-refractivity contribution in [3.8, 4) is 0 Å². The smallest absolute Gasteiger partial charge is 0.306 e. The van der Waals surface area contributed by atoms with Crippen LogP contribution in [-0.4, -0.2) is 37.2 Å². The summed E-state index contributed by atoms with van der Waals surface area (Å²) in [5.74, 6) is -0.931. The zero-order valence-electron chi connectivity index (χ0n) is 49.5. The third-order valence-electron chi connectivity index (χ3n) is 13.2. The number of allylic oxidation sites excluding steroid dienone is 20. The Labute approximate surface area is 469 Å². The first-order chi connectivity index (χ1) is 37.5. The molecule has 0 radical (unpaired) electrons. The molecule has 0 bridgehead atoms. The molecule has 0 spiro atoms. The molecule has 0 saturated carbocycles. The van der Waals surface area contributed by atoms with Gasteiger partial charge in [-0.25, -0.2) is 0 Å². The normalized spacial score (nSPS) is 12.9. The summed E-state index contributed by atoms with van der Waals surface area (Å²) >= 11 is 0. The van der Waals surface area contributed by atoms with Gasteiger partial charge in [0.05, 0.1) is 0 Å². The summed E-state index contributed by atoms with van der Waals surface area (Å²) in [7, 11) is 0. The number of carbonyl (C=O) groups excluding carboxylic acids is 3. The summed E-state index contributed by atoms with van der Waals surface area (Å²) in [5, 5.41) is 0. The minimum atomic E-state index is -0.798. The van der Waals surface area contributed by atoms with Crippen LogP contribution in [0.5, 0.6) is 0 Å². The van der Waals surface area contributed by atoms with Gasteiger partial charge in [-0.1, -0.05) is 258 Å². The maximum atomic E-state index is 12.9. The Hall–Kier alpha value is -4.19. The van der Waals surface area contributed by atoms with Crippen LogP contribution in [0, 0.1) is 0 Å². The molecule has 0 rings (SSSR count). The summed E-state index contributed by atoms with van der Waals surface area (Å²) in [6, 6.07) is 0. The van der Waals surface area contributed by atoms with Gasteiger partial charge in [-0.3, -0.25) is 14.4 Å². The minimum Gasteiger partial charge on any atom is -0.462 e. The second-order valence-electron chi connectivity index (χ2n) is 20.6. The molecule has 0 aliphatic heterocycles. The monoisotopic (exact) mass is 1050 g/mol. The van der Waals surface area contributed by atoms with Gasteiger partial charge in [-0.05, 0) is 128 Å². The predicted octanol–water partition coefficient (Wildman–Crippen LogP) is 21.6. The molecule has 0 amide bonds. The second-order valence-corrected chi connectivity index (χ2v) is 20.6. The van der Waals surface area contributed by atoms with Crippen LogP contribution in [0.2, 0.25) is 0 Å². The molecular weight excluding hydrogens is 937 g/mol. The number of esters is 3. The topological polar surface area (TPSA) is 78.9 Å². The van der Waals surface area contributed by atoms with E-state index in [-0.39, 0.29) is 31.1 Å². The number of hydrogen-bond donors (Lipinski definition) is 0. The van der Waals surface area contributed by atoms with Crippen molar-refractivity contribution >= 4 is 17.9 Å². The van der Waals surface area contributed by atoms with Crippen LogP contribution in [0.4, 0.5) is 0 Å². The number of hydrogen-bond acceptors (Lipinski definition) is 6. The Morgan fingerprint density at radius 1 is 0.276 bits per heavy atom. The van der Waals surface area contributed by atoms with Crippen molar-refractivity contribution in [3.05, 3.63) is 122 Å². The number of unbranched alkanes of at least 4 members (excludes halogenated alkanes) is 25. The number of carbonyl (C=O) groups is 3. The molecule has 1 atom stereocenters. The highest BCUT2D eigenvalue weighted by molar-refractivity contribution is 5.71. The average molecular weight is 1050 g/mol. The molecular formula is C70H116O6. The minimum absolute atomic E-state index is 0.0939. The van der Waals surface area contributed by atoms with Gasteiger partial charge in [0.25, 0.3) is 0 Å². The van der Waals surface area contributed by atoms with Crippen LogP contribution in [0.15, 0.2) is 122 Å². The van der Waals surface area contributed by atoms with Gasteiger partial charge < -0.3 is 14.2 Å². The maximum Gasteiger partial charge on any atom is 0.306 e. The van der Waals surface area contributed by atoms with Crippen LogP contribution < -0.4 is 0 Å². The molecule has 0 heterocycles. The first-order valence-corrected chi connectivity index (χ1v) is 31.5. The summed E-state index contributed by atoms with van der Waals surface area (Å²) in [6.45, 7) is 6.46. The van der Waals surface area contributed by atoms with E-state index in [2.05, 4.69) is 142 Å². The quantitative estimate of drug-likeness (QED) is 0.0261. The molecule has 76 heavy (non-hydrogen) atoms. The van der Waals surface area contributed by atoms with Crippen LogP contribution in [0.25, 0.3) is 0 Å². The zero-order valence-corrected chi connectivity index (χ0v) is 49.5. The van der Waals surface area contributed by atoms with Crippen LogP contribution in [0.3, 0.4) is 0 Å². The van der Waals surface area contributed by atoms with Gasteiger partial charge in [-0.2, -0.15) is 0 Å². The van der Waals surface area contributed by atoms with E-state index < -0.39 is 6.10 Å². The lowest BCUT2D eigenvalue weighted by atomic mass is 10.1. The second kappa shape index (κ2) is 63.3. The fraction of sp³-hybridized carbons (Fsp3) is 0.671. The van der Waals surface area contributed by atoms with Crippen molar-refractivity contribution in [1.29, 1.82) is 0 Å². The van der Waals surface area contributed by atoms with Gasteiger partial charge in [0.1, 0.15) is 13.2 Å². The Bertz CT molecular complexity index is 1590. The van der Waals surface area contributed by atoms with E-state index in [1.54, 1.807) is 0 Å². The van der Waals surface area contributed by atoms with Crippen molar-refractivity contribution in [2.24, 2.45) is 0 Å². The first-order valence-electron chi connectivity index (χ1n) is 31.5. The highest BCUT2D eigenvalue weighted by Crippen LogP contribution is 2.15. The summed E-state index contributed by atoms with van der Waals surface area (Å²) in [6.07, 6.45) is 87.7. The summed E-state index contributed by atoms with van der Waals surface area (Å²) in [5.41, 5.74) is 0. The van der Waals surface area contributed by atoms with Gasteiger partial charge in [0, 0.05) is 19.3 Å². The van der Waals surface area contributed by atoms with Gasteiger partial charge in [-0.15, -0.1) is 0 Å².